The Kier molecular flexibility index (Phi) is 3.22. The first-order valence-electron chi connectivity index (χ1n) is 6.94. The van der Waals surface area contributed by atoms with Crippen molar-refractivity contribution >= 4 is 16.8 Å². The van der Waals surface area contributed by atoms with Crippen LogP contribution in [0.15, 0.2) is 42.5 Å². The molecule has 0 spiro atoms. The van der Waals surface area contributed by atoms with E-state index in [2.05, 4.69) is 36.2 Å². The standard InChI is InChI=1S/C17H17N3O/c1-10(2)11-4-3-5-12(8-11)16-14-9-13(17(18)21)6-7-15(14)19-20-16/h3-10H,1-2H3,(H2,18,21)(H,19,20). The predicted octanol–water partition coefficient (Wildman–Crippen LogP) is 3.45. The number of nitrogens with two attached hydrogens (primary N) is 1. The van der Waals surface area contributed by atoms with Gasteiger partial charge in [0, 0.05) is 16.5 Å². The lowest BCUT2D eigenvalue weighted by Crippen LogP contribution is -2.10. The number of hydrogen-bond acceptors (Lipinski definition) is 2. The number of nitrogens with one attached hydrogen (secondary N) is 1. The summed E-state index contributed by atoms with van der Waals surface area (Å²) in [4.78, 5) is 11.3. The van der Waals surface area contributed by atoms with Crippen molar-refractivity contribution in [2.45, 2.75) is 19.8 Å². The van der Waals surface area contributed by atoms with Crippen molar-refractivity contribution in [3.8, 4) is 11.3 Å². The van der Waals surface area contributed by atoms with Crippen LogP contribution in [-0.4, -0.2) is 16.1 Å². The van der Waals surface area contributed by atoms with Crippen molar-refractivity contribution in [1.82, 2.24) is 10.2 Å². The molecule has 0 aliphatic carbocycles. The van der Waals surface area contributed by atoms with Gasteiger partial charge in [-0.2, -0.15) is 5.10 Å². The molecule has 1 amide bonds. The molecule has 0 radical (unpaired) electrons. The molecule has 2 aromatic carbocycles. The first kappa shape index (κ1) is 13.4. The van der Waals surface area contributed by atoms with Gasteiger partial charge in [-0.15, -0.1) is 0 Å². The number of amides is 1. The Hall–Kier alpha value is -2.62. The molecular weight excluding hydrogens is 262 g/mol. The molecule has 0 saturated carbocycles. The van der Waals surface area contributed by atoms with E-state index in [1.807, 2.05) is 18.2 Å². The minimum atomic E-state index is -0.431. The quantitative estimate of drug-likeness (QED) is 0.770. The van der Waals surface area contributed by atoms with Crippen LogP contribution < -0.4 is 5.73 Å². The number of fused-ring (bicyclic) bond motifs is 1. The van der Waals surface area contributed by atoms with Crippen LogP contribution in [0, 0.1) is 0 Å². The molecule has 3 aromatic rings. The minimum Gasteiger partial charge on any atom is -0.366 e. The monoisotopic (exact) mass is 279 g/mol. The van der Waals surface area contributed by atoms with Crippen LogP contribution in [0.5, 0.6) is 0 Å². The number of benzene rings is 2. The van der Waals surface area contributed by atoms with E-state index in [-0.39, 0.29) is 0 Å². The van der Waals surface area contributed by atoms with Crippen molar-refractivity contribution in [3.63, 3.8) is 0 Å². The topological polar surface area (TPSA) is 71.8 Å². The first-order chi connectivity index (χ1) is 10.1. The molecule has 1 aromatic heterocycles. The molecule has 21 heavy (non-hydrogen) atoms. The molecule has 0 aliphatic rings. The number of primary amides is 1. The average molecular weight is 279 g/mol. The molecule has 0 aliphatic heterocycles. The van der Waals surface area contributed by atoms with Crippen LogP contribution in [0.2, 0.25) is 0 Å². The summed E-state index contributed by atoms with van der Waals surface area (Å²) in [7, 11) is 0. The number of H-pyrrole nitrogens is 1. The second-order valence-electron chi connectivity index (χ2n) is 5.48. The van der Waals surface area contributed by atoms with Gasteiger partial charge in [0.1, 0.15) is 0 Å². The number of nitrogens with zero attached hydrogens (tertiary/aromatic N) is 1. The summed E-state index contributed by atoms with van der Waals surface area (Å²) in [5.74, 6) is 0.0244. The average Bonchev–Trinajstić information content (AvgIpc) is 2.90. The Labute approximate surface area is 123 Å². The number of carbonyl (C=O) groups is 1. The molecule has 4 nitrogen and oxygen atoms in total. The molecule has 4 heteroatoms. The molecular formula is C17H17N3O. The highest BCUT2D eigenvalue weighted by molar-refractivity contribution is 6.00. The Morgan fingerprint density at radius 2 is 2.00 bits per heavy atom. The normalized spacial score (nSPS) is 11.2. The van der Waals surface area contributed by atoms with Crippen molar-refractivity contribution in [3.05, 3.63) is 53.6 Å². The second-order valence-corrected chi connectivity index (χ2v) is 5.48. The molecule has 3 rings (SSSR count). The first-order valence-corrected chi connectivity index (χ1v) is 6.94. The van der Waals surface area contributed by atoms with Crippen LogP contribution in [-0.2, 0) is 0 Å². The lowest BCUT2D eigenvalue weighted by Gasteiger charge is -2.07. The maximum Gasteiger partial charge on any atom is 0.248 e. The Balaban J connectivity index is 2.18. The van der Waals surface area contributed by atoms with Gasteiger partial charge in [0.2, 0.25) is 5.91 Å². The van der Waals surface area contributed by atoms with E-state index in [0.29, 0.717) is 11.5 Å². The predicted molar refractivity (Wildman–Crippen MR) is 84.1 cm³/mol. The van der Waals surface area contributed by atoms with Gasteiger partial charge in [-0.05, 0) is 35.7 Å². The summed E-state index contributed by atoms with van der Waals surface area (Å²) >= 11 is 0. The number of aromatic amines is 1. The van der Waals surface area contributed by atoms with E-state index in [1.54, 1.807) is 12.1 Å². The van der Waals surface area contributed by atoms with Gasteiger partial charge in [0.15, 0.2) is 0 Å². The zero-order valence-electron chi connectivity index (χ0n) is 12.1. The molecule has 0 saturated heterocycles. The van der Waals surface area contributed by atoms with Crippen molar-refractivity contribution in [2.75, 3.05) is 0 Å². The number of hydrogen-bond donors (Lipinski definition) is 2. The van der Waals surface area contributed by atoms with E-state index >= 15 is 0 Å². The summed E-state index contributed by atoms with van der Waals surface area (Å²) < 4.78 is 0. The minimum absolute atomic E-state index is 0.431. The SMILES string of the molecule is CC(C)c1cccc(-c2n[nH]c3ccc(C(N)=O)cc23)c1. The van der Waals surface area contributed by atoms with Crippen LogP contribution in [0.25, 0.3) is 22.2 Å². The third kappa shape index (κ3) is 2.40. The van der Waals surface area contributed by atoms with Gasteiger partial charge < -0.3 is 5.73 Å². The van der Waals surface area contributed by atoms with Gasteiger partial charge in [0.25, 0.3) is 0 Å². The second kappa shape index (κ2) is 5.05. The third-order valence-electron chi connectivity index (χ3n) is 3.67. The summed E-state index contributed by atoms with van der Waals surface area (Å²) in [5, 5.41) is 8.30. The van der Waals surface area contributed by atoms with Crippen LogP contribution in [0.4, 0.5) is 0 Å². The van der Waals surface area contributed by atoms with E-state index in [9.17, 15) is 4.79 Å². The zero-order chi connectivity index (χ0) is 15.0. The van der Waals surface area contributed by atoms with Gasteiger partial charge in [-0.1, -0.05) is 32.0 Å². The lowest BCUT2D eigenvalue weighted by molar-refractivity contribution is 0.100. The molecule has 0 unspecified atom stereocenters. The molecule has 106 valence electrons. The smallest absolute Gasteiger partial charge is 0.248 e. The fourth-order valence-electron chi connectivity index (χ4n) is 2.43. The van der Waals surface area contributed by atoms with E-state index < -0.39 is 5.91 Å². The Morgan fingerprint density at radius 3 is 2.71 bits per heavy atom. The molecule has 0 bridgehead atoms. The number of rotatable bonds is 3. The lowest BCUT2D eigenvalue weighted by atomic mass is 9.98. The highest BCUT2D eigenvalue weighted by Crippen LogP contribution is 2.29. The van der Waals surface area contributed by atoms with Crippen LogP contribution >= 0.6 is 0 Å². The fraction of sp³-hybridized carbons (Fsp3) is 0.176. The van der Waals surface area contributed by atoms with Crippen molar-refractivity contribution < 1.29 is 4.79 Å². The van der Waals surface area contributed by atoms with E-state index in [0.717, 1.165) is 22.2 Å². The largest absolute Gasteiger partial charge is 0.366 e. The van der Waals surface area contributed by atoms with E-state index in [4.69, 9.17) is 5.73 Å². The van der Waals surface area contributed by atoms with Crippen LogP contribution in [0.3, 0.4) is 0 Å². The zero-order valence-corrected chi connectivity index (χ0v) is 12.1. The highest BCUT2D eigenvalue weighted by Gasteiger charge is 2.11. The van der Waals surface area contributed by atoms with E-state index in [1.165, 1.54) is 5.56 Å². The summed E-state index contributed by atoms with van der Waals surface area (Å²) in [6, 6.07) is 13.6. The summed E-state index contributed by atoms with van der Waals surface area (Å²) in [6.07, 6.45) is 0. The molecule has 1 heterocycles. The van der Waals surface area contributed by atoms with Crippen molar-refractivity contribution in [1.29, 1.82) is 0 Å². The molecule has 0 fully saturated rings. The summed E-state index contributed by atoms with van der Waals surface area (Å²) in [5.41, 5.74) is 9.88. The maximum absolute atomic E-state index is 11.3. The van der Waals surface area contributed by atoms with Gasteiger partial charge in [0.05, 0.1) is 11.2 Å². The van der Waals surface area contributed by atoms with Crippen LogP contribution in [0.1, 0.15) is 35.7 Å². The van der Waals surface area contributed by atoms with Crippen molar-refractivity contribution in [2.24, 2.45) is 5.73 Å². The van der Waals surface area contributed by atoms with Gasteiger partial charge >= 0.3 is 0 Å². The van der Waals surface area contributed by atoms with Gasteiger partial charge in [-0.25, -0.2) is 0 Å². The summed E-state index contributed by atoms with van der Waals surface area (Å²) in [6.45, 7) is 4.32. The Bertz CT molecular complexity index is 818. The molecule has 0 atom stereocenters. The fourth-order valence-corrected chi connectivity index (χ4v) is 2.43. The third-order valence-corrected chi connectivity index (χ3v) is 3.67. The molecule has 3 N–H and O–H groups in total. The van der Waals surface area contributed by atoms with Gasteiger partial charge in [-0.3, -0.25) is 9.89 Å². The highest BCUT2D eigenvalue weighted by atomic mass is 16.1. The number of aromatic nitrogens is 2. The Morgan fingerprint density at radius 1 is 1.19 bits per heavy atom. The number of carbonyl (C=O) groups excluding carboxylic acids is 1. The maximum atomic E-state index is 11.3.